The molecule has 0 spiro atoms. The Kier molecular flexibility index (Phi) is 6.26. The fourth-order valence-corrected chi connectivity index (χ4v) is 5.06. The summed E-state index contributed by atoms with van der Waals surface area (Å²) in [6.45, 7) is 3.31. The van der Waals surface area contributed by atoms with Crippen LogP contribution in [0.4, 0.5) is 0 Å². The topological polar surface area (TPSA) is 39.9 Å². The molecule has 0 amide bonds. The van der Waals surface area contributed by atoms with Crippen LogP contribution in [-0.2, 0) is 13.2 Å². The van der Waals surface area contributed by atoms with Crippen molar-refractivity contribution in [2.75, 3.05) is 0 Å². The second-order valence-electron chi connectivity index (χ2n) is 8.79. The lowest BCUT2D eigenvalue weighted by Crippen LogP contribution is -2.13. The van der Waals surface area contributed by atoms with E-state index in [0.717, 1.165) is 39.1 Å². The lowest BCUT2D eigenvalue weighted by Gasteiger charge is -2.22. The maximum Gasteiger partial charge on any atom is 0.130 e. The van der Waals surface area contributed by atoms with E-state index in [2.05, 4.69) is 67.9 Å². The van der Waals surface area contributed by atoms with Gasteiger partial charge in [-0.3, -0.25) is 4.98 Å². The van der Waals surface area contributed by atoms with E-state index in [0.29, 0.717) is 12.5 Å². The van der Waals surface area contributed by atoms with Crippen LogP contribution in [-0.4, -0.2) is 14.5 Å². The van der Waals surface area contributed by atoms with Crippen LogP contribution in [0.3, 0.4) is 0 Å². The standard InChI is InChI=1S/C27H28BrN3O/c1-19-10-11-23(29-16-19)18-32-24-12-13-25-26(15-24)31(17-20-6-5-9-22(28)14-20)27(30-25)21-7-3-2-4-8-21/h5-6,9-16,21H,2-4,7-8,17-18H2,1H3. The van der Waals surface area contributed by atoms with Gasteiger partial charge in [0.05, 0.1) is 16.7 Å². The van der Waals surface area contributed by atoms with Gasteiger partial charge in [-0.2, -0.15) is 0 Å². The Labute approximate surface area is 197 Å². The molecular formula is C27H28BrN3O. The largest absolute Gasteiger partial charge is 0.487 e. The molecule has 0 atom stereocenters. The number of hydrogen-bond donors (Lipinski definition) is 0. The summed E-state index contributed by atoms with van der Waals surface area (Å²) in [6.07, 6.45) is 8.26. The molecular weight excluding hydrogens is 462 g/mol. The van der Waals surface area contributed by atoms with Gasteiger partial charge in [-0.1, -0.05) is 53.4 Å². The Bertz CT molecular complexity index is 1210. The Hall–Kier alpha value is -2.66. The first-order valence-electron chi connectivity index (χ1n) is 11.4. The molecule has 1 aliphatic carbocycles. The van der Waals surface area contributed by atoms with E-state index >= 15 is 0 Å². The summed E-state index contributed by atoms with van der Waals surface area (Å²) < 4.78 is 9.62. The van der Waals surface area contributed by atoms with Crippen molar-refractivity contribution in [3.8, 4) is 5.75 Å². The zero-order chi connectivity index (χ0) is 21.9. The zero-order valence-electron chi connectivity index (χ0n) is 18.4. The molecule has 5 rings (SSSR count). The number of fused-ring (bicyclic) bond motifs is 1. The van der Waals surface area contributed by atoms with Crippen LogP contribution in [0, 0.1) is 6.92 Å². The number of hydrogen-bond acceptors (Lipinski definition) is 3. The number of pyridine rings is 1. The van der Waals surface area contributed by atoms with Crippen LogP contribution in [0.2, 0.25) is 0 Å². The van der Waals surface area contributed by atoms with Gasteiger partial charge in [0.15, 0.2) is 0 Å². The van der Waals surface area contributed by atoms with Gasteiger partial charge in [0.25, 0.3) is 0 Å². The third kappa shape index (κ3) is 4.73. The molecule has 4 nitrogen and oxygen atoms in total. The van der Waals surface area contributed by atoms with Crippen molar-refractivity contribution in [1.29, 1.82) is 0 Å². The molecule has 0 N–H and O–H groups in total. The van der Waals surface area contributed by atoms with Gasteiger partial charge < -0.3 is 9.30 Å². The minimum atomic E-state index is 0.459. The molecule has 1 fully saturated rings. The van der Waals surface area contributed by atoms with E-state index < -0.39 is 0 Å². The summed E-state index contributed by atoms with van der Waals surface area (Å²) in [4.78, 5) is 9.56. The lowest BCUT2D eigenvalue weighted by atomic mass is 9.88. The predicted octanol–water partition coefficient (Wildman–Crippen LogP) is 7.18. The highest BCUT2D eigenvalue weighted by molar-refractivity contribution is 9.10. The molecule has 0 radical (unpaired) electrons. The van der Waals surface area contributed by atoms with E-state index in [9.17, 15) is 0 Å². The minimum Gasteiger partial charge on any atom is -0.487 e. The number of aryl methyl sites for hydroxylation is 1. The smallest absolute Gasteiger partial charge is 0.130 e. The van der Waals surface area contributed by atoms with Crippen molar-refractivity contribution in [1.82, 2.24) is 14.5 Å². The second kappa shape index (κ2) is 9.45. The molecule has 2 aromatic carbocycles. The van der Waals surface area contributed by atoms with Gasteiger partial charge in [0.1, 0.15) is 18.2 Å². The molecule has 32 heavy (non-hydrogen) atoms. The summed E-state index contributed by atoms with van der Waals surface area (Å²) in [5, 5.41) is 0. The highest BCUT2D eigenvalue weighted by Gasteiger charge is 2.23. The van der Waals surface area contributed by atoms with Crippen molar-refractivity contribution in [3.05, 3.63) is 87.9 Å². The number of aromatic nitrogens is 3. The summed E-state index contributed by atoms with van der Waals surface area (Å²) in [6, 6.07) is 18.9. The normalized spacial score (nSPS) is 14.7. The summed E-state index contributed by atoms with van der Waals surface area (Å²) in [7, 11) is 0. The highest BCUT2D eigenvalue weighted by Crippen LogP contribution is 2.35. The number of imidazole rings is 1. The quantitative estimate of drug-likeness (QED) is 0.288. The maximum atomic E-state index is 6.11. The number of halogens is 1. The van der Waals surface area contributed by atoms with Gasteiger partial charge in [-0.05, 0) is 61.2 Å². The fourth-order valence-electron chi connectivity index (χ4n) is 4.61. The van der Waals surface area contributed by atoms with Crippen molar-refractivity contribution < 1.29 is 4.74 Å². The van der Waals surface area contributed by atoms with Crippen LogP contribution in [0.1, 0.15) is 60.7 Å². The van der Waals surface area contributed by atoms with Crippen LogP contribution < -0.4 is 4.74 Å². The average molecular weight is 490 g/mol. The Morgan fingerprint density at radius 3 is 2.69 bits per heavy atom. The molecule has 1 aliphatic rings. The molecule has 0 unspecified atom stereocenters. The van der Waals surface area contributed by atoms with E-state index in [-0.39, 0.29) is 0 Å². The van der Waals surface area contributed by atoms with Gasteiger partial charge in [0, 0.05) is 29.2 Å². The molecule has 1 saturated carbocycles. The monoisotopic (exact) mass is 489 g/mol. The Morgan fingerprint density at radius 1 is 1.03 bits per heavy atom. The van der Waals surface area contributed by atoms with Crippen LogP contribution in [0.25, 0.3) is 11.0 Å². The number of benzene rings is 2. The number of nitrogens with zero attached hydrogens (tertiary/aromatic N) is 3. The average Bonchev–Trinajstić information content (AvgIpc) is 3.17. The first kappa shape index (κ1) is 21.2. The number of ether oxygens (including phenoxy) is 1. The molecule has 2 aromatic heterocycles. The minimum absolute atomic E-state index is 0.459. The molecule has 0 saturated heterocycles. The highest BCUT2D eigenvalue weighted by atomic mass is 79.9. The van der Waals surface area contributed by atoms with Gasteiger partial charge in [-0.15, -0.1) is 0 Å². The van der Waals surface area contributed by atoms with E-state index in [1.54, 1.807) is 0 Å². The van der Waals surface area contributed by atoms with Crippen molar-refractivity contribution in [2.24, 2.45) is 0 Å². The first-order valence-corrected chi connectivity index (χ1v) is 12.2. The lowest BCUT2D eigenvalue weighted by molar-refractivity contribution is 0.301. The van der Waals surface area contributed by atoms with Crippen molar-refractivity contribution >= 4 is 27.0 Å². The van der Waals surface area contributed by atoms with Crippen LogP contribution >= 0.6 is 15.9 Å². The second-order valence-corrected chi connectivity index (χ2v) is 9.70. The van der Waals surface area contributed by atoms with E-state index in [1.807, 2.05) is 25.3 Å². The fraction of sp³-hybridized carbons (Fsp3) is 0.333. The van der Waals surface area contributed by atoms with Gasteiger partial charge >= 0.3 is 0 Å². The maximum absolute atomic E-state index is 6.11. The molecule has 5 heteroatoms. The summed E-state index contributed by atoms with van der Waals surface area (Å²) >= 11 is 3.62. The summed E-state index contributed by atoms with van der Waals surface area (Å²) in [5.74, 6) is 2.60. The predicted molar refractivity (Wildman–Crippen MR) is 132 cm³/mol. The zero-order valence-corrected chi connectivity index (χ0v) is 20.0. The van der Waals surface area contributed by atoms with E-state index in [1.165, 1.54) is 43.5 Å². The first-order chi connectivity index (χ1) is 15.7. The van der Waals surface area contributed by atoms with Crippen LogP contribution in [0.5, 0.6) is 5.75 Å². The third-order valence-electron chi connectivity index (χ3n) is 6.31. The van der Waals surface area contributed by atoms with Crippen molar-refractivity contribution in [3.63, 3.8) is 0 Å². The molecule has 0 aliphatic heterocycles. The third-order valence-corrected chi connectivity index (χ3v) is 6.80. The SMILES string of the molecule is Cc1ccc(COc2ccc3nc(C4CCCCC4)n(Cc4cccc(Br)c4)c3c2)nc1. The number of rotatable bonds is 6. The van der Waals surface area contributed by atoms with Gasteiger partial charge in [-0.25, -0.2) is 4.98 Å². The molecule has 0 bridgehead atoms. The Morgan fingerprint density at radius 2 is 1.91 bits per heavy atom. The van der Waals surface area contributed by atoms with Crippen LogP contribution in [0.15, 0.2) is 65.3 Å². The van der Waals surface area contributed by atoms with Gasteiger partial charge in [0.2, 0.25) is 0 Å². The van der Waals surface area contributed by atoms with Crippen molar-refractivity contribution in [2.45, 2.75) is 58.1 Å². The molecule has 2 heterocycles. The van der Waals surface area contributed by atoms with E-state index in [4.69, 9.17) is 9.72 Å². The molecule has 164 valence electrons. The summed E-state index contributed by atoms with van der Waals surface area (Å²) in [5.41, 5.74) is 5.54. The Balaban J connectivity index is 1.48. The molecule has 4 aromatic rings.